The van der Waals surface area contributed by atoms with Crippen LogP contribution in [0.25, 0.3) is 0 Å². The Morgan fingerprint density at radius 3 is 2.00 bits per heavy atom. The van der Waals surface area contributed by atoms with E-state index in [9.17, 15) is 9.90 Å². The standard InChI is InChI=1S/C15H28O2/c1-7-13(4)10-11(13)15(6,12(16)17)14(5,8-2)9-3/h11H,7-10H2,1-6H3,(H,16,17). The number of carboxylic acids is 1. The summed E-state index contributed by atoms with van der Waals surface area (Å²) in [5.74, 6) is -0.270. The lowest BCUT2D eigenvalue weighted by atomic mass is 9.58. The Kier molecular flexibility index (Phi) is 3.67. The minimum Gasteiger partial charge on any atom is -0.481 e. The molecule has 1 rings (SSSR count). The number of rotatable bonds is 6. The van der Waals surface area contributed by atoms with Gasteiger partial charge in [0.25, 0.3) is 0 Å². The SMILES string of the molecule is CCC1(C)CC1C(C)(C(=O)O)C(C)(CC)CC. The molecule has 0 aromatic carbocycles. The summed E-state index contributed by atoms with van der Waals surface area (Å²) in [5, 5.41) is 9.77. The van der Waals surface area contributed by atoms with E-state index < -0.39 is 11.4 Å². The first kappa shape index (κ1) is 14.5. The van der Waals surface area contributed by atoms with Gasteiger partial charge in [-0.1, -0.05) is 41.0 Å². The lowest BCUT2D eigenvalue weighted by Gasteiger charge is -2.44. The van der Waals surface area contributed by atoms with E-state index in [1.165, 1.54) is 0 Å². The van der Waals surface area contributed by atoms with Gasteiger partial charge in [0.2, 0.25) is 0 Å². The second-order valence-electron chi connectivity index (χ2n) is 6.54. The van der Waals surface area contributed by atoms with Crippen LogP contribution in [0, 0.1) is 22.2 Å². The van der Waals surface area contributed by atoms with Crippen molar-refractivity contribution in [2.75, 3.05) is 0 Å². The fourth-order valence-corrected chi connectivity index (χ4v) is 3.51. The van der Waals surface area contributed by atoms with E-state index in [-0.39, 0.29) is 10.8 Å². The fraction of sp³-hybridized carbons (Fsp3) is 0.933. The third-order valence-corrected chi connectivity index (χ3v) is 6.11. The van der Waals surface area contributed by atoms with Gasteiger partial charge >= 0.3 is 5.97 Å². The van der Waals surface area contributed by atoms with Crippen molar-refractivity contribution in [1.82, 2.24) is 0 Å². The summed E-state index contributed by atoms with van der Waals surface area (Å²) < 4.78 is 0. The van der Waals surface area contributed by atoms with Crippen LogP contribution in [0.1, 0.15) is 67.2 Å². The van der Waals surface area contributed by atoms with Crippen molar-refractivity contribution in [3.63, 3.8) is 0 Å². The fourth-order valence-electron chi connectivity index (χ4n) is 3.51. The molecule has 2 heteroatoms. The van der Waals surface area contributed by atoms with Crippen molar-refractivity contribution in [2.45, 2.75) is 67.2 Å². The third kappa shape index (κ3) is 1.90. The van der Waals surface area contributed by atoms with Gasteiger partial charge in [0.15, 0.2) is 0 Å². The van der Waals surface area contributed by atoms with E-state index in [4.69, 9.17) is 0 Å². The molecule has 1 N–H and O–H groups in total. The van der Waals surface area contributed by atoms with Gasteiger partial charge in [-0.15, -0.1) is 0 Å². The van der Waals surface area contributed by atoms with Crippen LogP contribution in [0.3, 0.4) is 0 Å². The molecule has 1 fully saturated rings. The second kappa shape index (κ2) is 4.29. The zero-order chi connectivity index (χ0) is 13.5. The van der Waals surface area contributed by atoms with Crippen LogP contribution in [0.2, 0.25) is 0 Å². The summed E-state index contributed by atoms with van der Waals surface area (Å²) >= 11 is 0. The van der Waals surface area contributed by atoms with Crippen LogP contribution in [-0.4, -0.2) is 11.1 Å². The van der Waals surface area contributed by atoms with Crippen molar-refractivity contribution >= 4 is 5.97 Å². The predicted octanol–water partition coefficient (Wildman–Crippen LogP) is 4.34. The molecular formula is C15H28O2. The highest BCUT2D eigenvalue weighted by molar-refractivity contribution is 5.76. The second-order valence-corrected chi connectivity index (χ2v) is 6.54. The minimum absolute atomic E-state index is 0.101. The molecule has 17 heavy (non-hydrogen) atoms. The van der Waals surface area contributed by atoms with E-state index >= 15 is 0 Å². The molecule has 0 amide bonds. The molecule has 0 aliphatic heterocycles. The molecule has 3 unspecified atom stereocenters. The highest BCUT2D eigenvalue weighted by Gasteiger charge is 2.65. The van der Waals surface area contributed by atoms with E-state index in [0.717, 1.165) is 25.7 Å². The van der Waals surface area contributed by atoms with Gasteiger partial charge in [0.1, 0.15) is 0 Å². The normalized spacial score (nSPS) is 32.0. The Morgan fingerprint density at radius 2 is 1.76 bits per heavy atom. The van der Waals surface area contributed by atoms with Gasteiger partial charge in [-0.3, -0.25) is 4.79 Å². The molecule has 2 nitrogen and oxygen atoms in total. The van der Waals surface area contributed by atoms with Crippen molar-refractivity contribution in [2.24, 2.45) is 22.2 Å². The maximum absolute atomic E-state index is 11.9. The summed E-state index contributed by atoms with van der Waals surface area (Å²) in [6, 6.07) is 0. The topological polar surface area (TPSA) is 37.3 Å². The Bertz CT molecular complexity index is 306. The molecule has 1 saturated carbocycles. The zero-order valence-electron chi connectivity index (χ0n) is 12.3. The molecule has 0 radical (unpaired) electrons. The van der Waals surface area contributed by atoms with Crippen LogP contribution in [-0.2, 0) is 4.79 Å². The summed E-state index contributed by atoms with van der Waals surface area (Å²) in [7, 11) is 0. The molecule has 0 aromatic heterocycles. The van der Waals surface area contributed by atoms with Gasteiger partial charge in [-0.2, -0.15) is 0 Å². The molecular weight excluding hydrogens is 212 g/mol. The van der Waals surface area contributed by atoms with E-state index in [1.807, 2.05) is 6.92 Å². The lowest BCUT2D eigenvalue weighted by Crippen LogP contribution is -2.46. The van der Waals surface area contributed by atoms with Gasteiger partial charge < -0.3 is 5.11 Å². The first-order chi connectivity index (χ1) is 7.71. The number of hydrogen-bond acceptors (Lipinski definition) is 1. The molecule has 1 aliphatic carbocycles. The van der Waals surface area contributed by atoms with Crippen molar-refractivity contribution in [1.29, 1.82) is 0 Å². The molecule has 100 valence electrons. The van der Waals surface area contributed by atoms with E-state index in [1.54, 1.807) is 0 Å². The first-order valence-electron chi connectivity index (χ1n) is 6.95. The van der Waals surface area contributed by atoms with Crippen LogP contribution >= 0.6 is 0 Å². The molecule has 0 heterocycles. The number of aliphatic carboxylic acids is 1. The maximum Gasteiger partial charge on any atom is 0.310 e. The largest absolute Gasteiger partial charge is 0.481 e. The number of carbonyl (C=O) groups is 1. The van der Waals surface area contributed by atoms with Crippen LogP contribution in [0.4, 0.5) is 0 Å². The molecule has 1 aliphatic rings. The smallest absolute Gasteiger partial charge is 0.310 e. The lowest BCUT2D eigenvalue weighted by molar-refractivity contribution is -0.160. The van der Waals surface area contributed by atoms with Gasteiger partial charge in [-0.25, -0.2) is 0 Å². The summed E-state index contributed by atoms with van der Waals surface area (Å²) in [6.07, 6.45) is 4.02. The van der Waals surface area contributed by atoms with Crippen LogP contribution in [0.15, 0.2) is 0 Å². The molecule has 0 spiro atoms. The minimum atomic E-state index is -0.606. The van der Waals surface area contributed by atoms with Gasteiger partial charge in [-0.05, 0) is 42.9 Å². The summed E-state index contributed by atoms with van der Waals surface area (Å²) in [4.78, 5) is 11.9. The third-order valence-electron chi connectivity index (χ3n) is 6.11. The Balaban J connectivity index is 3.13. The summed E-state index contributed by atoms with van der Waals surface area (Å²) in [6.45, 7) is 12.8. The zero-order valence-corrected chi connectivity index (χ0v) is 12.3. The molecule has 0 saturated heterocycles. The number of carboxylic acid groups (broad SMARTS) is 1. The monoisotopic (exact) mass is 240 g/mol. The maximum atomic E-state index is 11.9. The first-order valence-corrected chi connectivity index (χ1v) is 6.95. The quantitative estimate of drug-likeness (QED) is 0.750. The molecule has 3 atom stereocenters. The van der Waals surface area contributed by atoms with Crippen molar-refractivity contribution < 1.29 is 9.90 Å². The molecule has 0 bridgehead atoms. The van der Waals surface area contributed by atoms with Crippen molar-refractivity contribution in [3.8, 4) is 0 Å². The van der Waals surface area contributed by atoms with Gasteiger partial charge in [0, 0.05) is 0 Å². The number of hydrogen-bond donors (Lipinski definition) is 1. The van der Waals surface area contributed by atoms with E-state index in [2.05, 4.69) is 34.6 Å². The highest BCUT2D eigenvalue weighted by atomic mass is 16.4. The van der Waals surface area contributed by atoms with Crippen molar-refractivity contribution in [3.05, 3.63) is 0 Å². The Hall–Kier alpha value is -0.530. The van der Waals surface area contributed by atoms with Crippen LogP contribution < -0.4 is 0 Å². The van der Waals surface area contributed by atoms with Gasteiger partial charge in [0.05, 0.1) is 5.41 Å². The highest BCUT2D eigenvalue weighted by Crippen LogP contribution is 2.68. The predicted molar refractivity (Wildman–Crippen MR) is 70.9 cm³/mol. The Morgan fingerprint density at radius 1 is 1.29 bits per heavy atom. The van der Waals surface area contributed by atoms with E-state index in [0.29, 0.717) is 5.92 Å². The Labute approximate surface area is 106 Å². The van der Waals surface area contributed by atoms with Crippen LogP contribution in [0.5, 0.6) is 0 Å². The average molecular weight is 240 g/mol. The summed E-state index contributed by atoms with van der Waals surface area (Å²) in [5.41, 5.74) is -0.434. The molecule has 0 aromatic rings. The average Bonchev–Trinajstić information content (AvgIpc) is 3.00.